The number of aromatic nitrogens is 2. The molecule has 1 N–H and O–H groups in total. The minimum atomic E-state index is -0.386. The zero-order valence-corrected chi connectivity index (χ0v) is 22.2. The smallest absolute Gasteiger partial charge is 0.296 e. The first kappa shape index (κ1) is 25.2. The molecular formula is C28H27N5O4S. The molecule has 1 saturated heterocycles. The van der Waals surface area contributed by atoms with Crippen LogP contribution in [0, 0.1) is 24.0 Å². The van der Waals surface area contributed by atoms with Gasteiger partial charge in [0.1, 0.15) is 17.2 Å². The molecule has 0 spiro atoms. The summed E-state index contributed by atoms with van der Waals surface area (Å²) >= 11 is 5.84. The average Bonchev–Trinajstić information content (AvgIpc) is 3.43. The number of nitro groups is 1. The van der Waals surface area contributed by atoms with Gasteiger partial charge in [0.2, 0.25) is 0 Å². The molecule has 2 aromatic carbocycles. The molecule has 0 aliphatic carbocycles. The monoisotopic (exact) mass is 529 g/mol. The summed E-state index contributed by atoms with van der Waals surface area (Å²) in [7, 11) is 3.12. The molecule has 0 amide bonds. The molecule has 1 aliphatic rings. The number of hydrogen-bond donors (Lipinski definition) is 1. The van der Waals surface area contributed by atoms with Gasteiger partial charge in [-0.05, 0) is 86.2 Å². The Kier molecular flexibility index (Phi) is 6.73. The fourth-order valence-electron chi connectivity index (χ4n) is 5.12. The van der Waals surface area contributed by atoms with E-state index in [0.29, 0.717) is 16.5 Å². The molecule has 2 aromatic heterocycles. The number of nitrogens with one attached hydrogen (secondary N) is 1. The van der Waals surface area contributed by atoms with Gasteiger partial charge in [0.25, 0.3) is 5.69 Å². The van der Waals surface area contributed by atoms with Crippen molar-refractivity contribution in [1.82, 2.24) is 14.9 Å². The lowest BCUT2D eigenvalue weighted by Crippen LogP contribution is -2.29. The fourth-order valence-corrected chi connectivity index (χ4v) is 5.46. The average molecular weight is 530 g/mol. The summed E-state index contributed by atoms with van der Waals surface area (Å²) in [5, 5.41) is 16.0. The number of aryl methyl sites for hydroxylation is 1. The molecule has 9 nitrogen and oxygen atoms in total. The van der Waals surface area contributed by atoms with E-state index in [1.54, 1.807) is 25.4 Å². The topological polar surface area (TPSA) is 94.7 Å². The minimum absolute atomic E-state index is 0.0361. The van der Waals surface area contributed by atoms with Gasteiger partial charge in [-0.15, -0.1) is 0 Å². The van der Waals surface area contributed by atoms with Crippen LogP contribution in [0.5, 0.6) is 11.5 Å². The molecule has 4 aromatic rings. The summed E-state index contributed by atoms with van der Waals surface area (Å²) in [4.78, 5) is 18.3. The van der Waals surface area contributed by atoms with Crippen LogP contribution in [0.25, 0.3) is 5.69 Å². The number of methoxy groups -OCH3 is 2. The summed E-state index contributed by atoms with van der Waals surface area (Å²) in [5.74, 6) is 1.17. The van der Waals surface area contributed by atoms with E-state index in [2.05, 4.69) is 21.3 Å². The zero-order chi connectivity index (χ0) is 27.0. The number of ether oxygens (including phenoxy) is 2. The second-order valence-electron chi connectivity index (χ2n) is 8.97. The summed E-state index contributed by atoms with van der Waals surface area (Å²) in [5.41, 5.74) is 4.88. The van der Waals surface area contributed by atoms with Crippen molar-refractivity contribution in [2.45, 2.75) is 25.9 Å². The predicted octanol–water partition coefficient (Wildman–Crippen LogP) is 5.59. The van der Waals surface area contributed by atoms with Gasteiger partial charge < -0.3 is 24.3 Å². The fraction of sp³-hybridized carbons (Fsp3) is 0.214. The number of nitro benzene ring substituents is 1. The van der Waals surface area contributed by atoms with E-state index in [-0.39, 0.29) is 22.7 Å². The van der Waals surface area contributed by atoms with Gasteiger partial charge in [-0.1, -0.05) is 6.07 Å². The number of rotatable bonds is 7. The molecule has 1 aliphatic heterocycles. The third kappa shape index (κ3) is 4.32. The van der Waals surface area contributed by atoms with Crippen molar-refractivity contribution in [2.75, 3.05) is 19.1 Å². The van der Waals surface area contributed by atoms with Gasteiger partial charge >= 0.3 is 0 Å². The Bertz CT molecular complexity index is 1500. The number of hydrogen-bond acceptors (Lipinski definition) is 6. The molecule has 5 rings (SSSR count). The summed E-state index contributed by atoms with van der Waals surface area (Å²) in [6.45, 7) is 3.91. The maximum atomic E-state index is 12.0. The number of nitrogens with zero attached hydrogens (tertiary/aromatic N) is 4. The van der Waals surface area contributed by atoms with Crippen molar-refractivity contribution in [2.24, 2.45) is 0 Å². The highest BCUT2D eigenvalue weighted by atomic mass is 32.1. The third-order valence-corrected chi connectivity index (χ3v) is 7.17. The SMILES string of the molecule is COc1ccc(N2C(=S)N[C@@H](c3ccccn3)[C@@H]2c2cc(C)n(-c3ccc(OC)cc3[N+](=O)[O-])c2C)cc1. The van der Waals surface area contributed by atoms with Crippen LogP contribution in [0.1, 0.15) is 34.7 Å². The van der Waals surface area contributed by atoms with E-state index in [9.17, 15) is 10.1 Å². The largest absolute Gasteiger partial charge is 0.497 e. The highest BCUT2D eigenvalue weighted by molar-refractivity contribution is 7.80. The molecule has 1 fully saturated rings. The van der Waals surface area contributed by atoms with Crippen LogP contribution < -0.4 is 19.7 Å². The normalized spacial score (nSPS) is 16.8. The maximum Gasteiger partial charge on any atom is 0.296 e. The van der Waals surface area contributed by atoms with Gasteiger partial charge in [0.05, 0.1) is 43.0 Å². The Morgan fingerprint density at radius 3 is 2.34 bits per heavy atom. The van der Waals surface area contributed by atoms with E-state index in [0.717, 1.165) is 34.1 Å². The summed E-state index contributed by atoms with van der Waals surface area (Å²) in [6, 6.07) is 20.0. The lowest BCUT2D eigenvalue weighted by molar-refractivity contribution is -0.384. The first-order chi connectivity index (χ1) is 18.3. The van der Waals surface area contributed by atoms with Crippen molar-refractivity contribution in [3.8, 4) is 17.2 Å². The first-order valence-electron chi connectivity index (χ1n) is 12.0. The van der Waals surface area contributed by atoms with E-state index in [1.165, 1.54) is 13.2 Å². The van der Waals surface area contributed by atoms with Crippen LogP contribution in [0.4, 0.5) is 11.4 Å². The second kappa shape index (κ2) is 10.1. The first-order valence-corrected chi connectivity index (χ1v) is 12.4. The quantitative estimate of drug-likeness (QED) is 0.188. The molecule has 10 heteroatoms. The van der Waals surface area contributed by atoms with Crippen LogP contribution in [-0.4, -0.2) is 33.8 Å². The van der Waals surface area contributed by atoms with Crippen molar-refractivity contribution in [3.63, 3.8) is 0 Å². The molecule has 3 heterocycles. The van der Waals surface area contributed by atoms with Crippen LogP contribution in [0.2, 0.25) is 0 Å². The zero-order valence-electron chi connectivity index (χ0n) is 21.4. The predicted molar refractivity (Wildman–Crippen MR) is 149 cm³/mol. The van der Waals surface area contributed by atoms with Gasteiger partial charge in [-0.25, -0.2) is 0 Å². The third-order valence-electron chi connectivity index (χ3n) is 6.86. The Balaban J connectivity index is 1.69. The maximum absolute atomic E-state index is 12.0. The number of anilines is 1. The number of thiocarbonyl (C=S) groups is 1. The van der Waals surface area contributed by atoms with Crippen molar-refractivity contribution in [3.05, 3.63) is 106 Å². The molecule has 2 atom stereocenters. The summed E-state index contributed by atoms with van der Waals surface area (Å²) in [6.07, 6.45) is 1.76. The number of pyridine rings is 1. The lowest BCUT2D eigenvalue weighted by atomic mass is 9.96. The van der Waals surface area contributed by atoms with E-state index < -0.39 is 0 Å². The van der Waals surface area contributed by atoms with Gasteiger partial charge in [-0.3, -0.25) is 15.1 Å². The Labute approximate surface area is 225 Å². The molecule has 0 radical (unpaired) electrons. The molecular weight excluding hydrogens is 502 g/mol. The van der Waals surface area contributed by atoms with Gasteiger partial charge in [0.15, 0.2) is 5.11 Å². The van der Waals surface area contributed by atoms with Gasteiger partial charge in [-0.2, -0.15) is 0 Å². The van der Waals surface area contributed by atoms with E-state index in [4.69, 9.17) is 21.7 Å². The molecule has 194 valence electrons. The standard InChI is InChI=1S/C28H27N5O4S/c1-17-15-22(18(2)31(17)24-13-12-21(37-4)16-25(24)33(34)35)27-26(23-7-5-6-14-29-23)30-28(38)32(27)19-8-10-20(36-3)11-9-19/h5-16,26-27H,1-4H3,(H,30,38)/t26-,27-/m0/s1. The van der Waals surface area contributed by atoms with Crippen LogP contribution in [-0.2, 0) is 0 Å². The van der Waals surface area contributed by atoms with Crippen LogP contribution in [0.3, 0.4) is 0 Å². The van der Waals surface area contributed by atoms with Crippen molar-refractivity contribution >= 4 is 28.7 Å². The van der Waals surface area contributed by atoms with Crippen LogP contribution in [0.15, 0.2) is 72.9 Å². The number of benzene rings is 2. The van der Waals surface area contributed by atoms with Crippen LogP contribution >= 0.6 is 12.2 Å². The van der Waals surface area contributed by atoms with Gasteiger partial charge in [0, 0.05) is 23.3 Å². The molecule has 0 saturated carbocycles. The second-order valence-corrected chi connectivity index (χ2v) is 9.35. The summed E-state index contributed by atoms with van der Waals surface area (Å²) < 4.78 is 12.5. The highest BCUT2D eigenvalue weighted by Gasteiger charge is 2.42. The minimum Gasteiger partial charge on any atom is -0.497 e. The molecule has 38 heavy (non-hydrogen) atoms. The molecule has 0 bridgehead atoms. The van der Waals surface area contributed by atoms with E-state index >= 15 is 0 Å². The highest BCUT2D eigenvalue weighted by Crippen LogP contribution is 2.44. The van der Waals surface area contributed by atoms with Crippen molar-refractivity contribution < 1.29 is 14.4 Å². The Morgan fingerprint density at radius 1 is 1.00 bits per heavy atom. The van der Waals surface area contributed by atoms with E-state index in [1.807, 2.05) is 60.9 Å². The molecule has 0 unspecified atom stereocenters. The Hall–Kier alpha value is -4.44. The van der Waals surface area contributed by atoms with Crippen molar-refractivity contribution in [1.29, 1.82) is 0 Å². The Morgan fingerprint density at radius 2 is 1.71 bits per heavy atom. The lowest BCUT2D eigenvalue weighted by Gasteiger charge is -2.28.